The zero-order valence-electron chi connectivity index (χ0n) is 21.7. The third kappa shape index (κ3) is 24.4. The van der Waals surface area contributed by atoms with Gasteiger partial charge in [-0.15, -0.1) is 0 Å². The lowest BCUT2D eigenvalue weighted by Crippen LogP contribution is -2.25. The highest BCUT2D eigenvalue weighted by Gasteiger charge is 2.15. The van der Waals surface area contributed by atoms with Crippen molar-refractivity contribution in [1.29, 1.82) is 0 Å². The van der Waals surface area contributed by atoms with Gasteiger partial charge in [-0.05, 0) is 12.8 Å². The molecule has 31 heavy (non-hydrogen) atoms. The van der Waals surface area contributed by atoms with Gasteiger partial charge in [-0.2, -0.15) is 0 Å². The van der Waals surface area contributed by atoms with Crippen LogP contribution in [-0.4, -0.2) is 22.4 Å². The van der Waals surface area contributed by atoms with Gasteiger partial charge < -0.3 is 10.2 Å². The summed E-state index contributed by atoms with van der Waals surface area (Å²) in [5.41, 5.74) is 0. The number of unbranched alkanes of at least 4 members (excludes halogenated alkanes) is 21. The Morgan fingerprint density at radius 2 is 0.516 bits per heavy atom. The standard InChI is InChI=1S/C29H60O2/c1-3-5-7-9-10-11-12-13-14-15-16-17-18-19-20-21-23-25-27-29(31)28(30)26-24-22-8-6-4-2/h28-31H,3-27H2,1-2H3/t28-,29+/m1/s1. The van der Waals surface area contributed by atoms with E-state index in [0.29, 0.717) is 0 Å². The summed E-state index contributed by atoms with van der Waals surface area (Å²) in [4.78, 5) is 0. The highest BCUT2D eigenvalue weighted by molar-refractivity contribution is 4.67. The maximum atomic E-state index is 10.1. The topological polar surface area (TPSA) is 40.5 Å². The Kier molecular flexibility index (Phi) is 26.1. The van der Waals surface area contributed by atoms with Crippen LogP contribution in [0.2, 0.25) is 0 Å². The molecule has 0 aliphatic heterocycles. The SMILES string of the molecule is CCCCCCCCCCCCCCCCCCCC[C@H](O)[C@H](O)CCCCCCC. The second kappa shape index (κ2) is 26.2. The van der Waals surface area contributed by atoms with Crippen LogP contribution < -0.4 is 0 Å². The molecule has 0 aliphatic rings. The number of hydrogen-bond donors (Lipinski definition) is 2. The van der Waals surface area contributed by atoms with Gasteiger partial charge in [0.05, 0.1) is 12.2 Å². The van der Waals surface area contributed by atoms with Crippen LogP contribution in [-0.2, 0) is 0 Å². The molecule has 0 saturated heterocycles. The van der Waals surface area contributed by atoms with Gasteiger partial charge in [-0.3, -0.25) is 0 Å². The van der Waals surface area contributed by atoms with E-state index in [4.69, 9.17) is 0 Å². The van der Waals surface area contributed by atoms with E-state index < -0.39 is 12.2 Å². The van der Waals surface area contributed by atoms with Gasteiger partial charge in [0.15, 0.2) is 0 Å². The van der Waals surface area contributed by atoms with Gasteiger partial charge in [0.2, 0.25) is 0 Å². The zero-order chi connectivity index (χ0) is 22.8. The molecule has 0 spiro atoms. The van der Waals surface area contributed by atoms with Gasteiger partial charge >= 0.3 is 0 Å². The highest BCUT2D eigenvalue weighted by atomic mass is 16.3. The summed E-state index contributed by atoms with van der Waals surface area (Å²) in [7, 11) is 0. The fourth-order valence-corrected chi connectivity index (χ4v) is 4.60. The molecule has 0 heterocycles. The molecule has 2 nitrogen and oxygen atoms in total. The third-order valence-corrected chi connectivity index (χ3v) is 6.90. The van der Waals surface area contributed by atoms with Crippen molar-refractivity contribution in [3.05, 3.63) is 0 Å². The van der Waals surface area contributed by atoms with E-state index in [0.717, 1.165) is 25.7 Å². The maximum absolute atomic E-state index is 10.1. The second-order valence-corrected chi connectivity index (χ2v) is 10.1. The van der Waals surface area contributed by atoms with E-state index in [1.807, 2.05) is 0 Å². The van der Waals surface area contributed by atoms with Crippen LogP contribution in [0.1, 0.15) is 174 Å². The molecular weight excluding hydrogens is 380 g/mol. The van der Waals surface area contributed by atoms with Crippen LogP contribution >= 0.6 is 0 Å². The lowest BCUT2D eigenvalue weighted by atomic mass is 9.99. The van der Waals surface area contributed by atoms with Crippen LogP contribution in [0.15, 0.2) is 0 Å². The minimum absolute atomic E-state index is 0.507. The van der Waals surface area contributed by atoms with Gasteiger partial charge in [0.25, 0.3) is 0 Å². The summed E-state index contributed by atoms with van der Waals surface area (Å²) in [6, 6.07) is 0. The van der Waals surface area contributed by atoms with E-state index in [9.17, 15) is 10.2 Å². The highest BCUT2D eigenvalue weighted by Crippen LogP contribution is 2.16. The van der Waals surface area contributed by atoms with E-state index in [2.05, 4.69) is 13.8 Å². The largest absolute Gasteiger partial charge is 0.390 e. The van der Waals surface area contributed by atoms with Crippen LogP contribution in [0.25, 0.3) is 0 Å². The Labute approximate surface area is 197 Å². The molecule has 0 radical (unpaired) electrons. The Balaban J connectivity index is 3.20. The molecular formula is C29H60O2. The predicted octanol–water partition coefficient (Wildman–Crippen LogP) is 9.50. The van der Waals surface area contributed by atoms with E-state index in [1.165, 1.54) is 135 Å². The van der Waals surface area contributed by atoms with Crippen molar-refractivity contribution >= 4 is 0 Å². The summed E-state index contributed by atoms with van der Waals surface area (Å²) in [5, 5.41) is 20.2. The molecule has 0 aliphatic carbocycles. The molecule has 2 heteroatoms. The number of hydrogen-bond acceptors (Lipinski definition) is 2. The molecule has 2 N–H and O–H groups in total. The van der Waals surface area contributed by atoms with Crippen molar-refractivity contribution in [1.82, 2.24) is 0 Å². The van der Waals surface area contributed by atoms with Crippen LogP contribution in [0, 0.1) is 0 Å². The quantitative estimate of drug-likeness (QED) is 0.131. The van der Waals surface area contributed by atoms with Crippen LogP contribution in [0.5, 0.6) is 0 Å². The first-order valence-corrected chi connectivity index (χ1v) is 14.6. The van der Waals surface area contributed by atoms with Gasteiger partial charge in [-0.1, -0.05) is 162 Å². The maximum Gasteiger partial charge on any atom is 0.0799 e. The smallest absolute Gasteiger partial charge is 0.0799 e. The monoisotopic (exact) mass is 440 g/mol. The first kappa shape index (κ1) is 30.9. The van der Waals surface area contributed by atoms with Crippen LogP contribution in [0.3, 0.4) is 0 Å². The summed E-state index contributed by atoms with van der Waals surface area (Å²) in [6.45, 7) is 4.51. The third-order valence-electron chi connectivity index (χ3n) is 6.90. The number of aliphatic hydroxyl groups is 2. The molecule has 0 amide bonds. The van der Waals surface area contributed by atoms with Gasteiger partial charge in [0.1, 0.15) is 0 Å². The van der Waals surface area contributed by atoms with E-state index >= 15 is 0 Å². The predicted molar refractivity (Wildman–Crippen MR) is 139 cm³/mol. The average molecular weight is 441 g/mol. The van der Waals surface area contributed by atoms with Crippen molar-refractivity contribution in [2.24, 2.45) is 0 Å². The summed E-state index contributed by atoms with van der Waals surface area (Å²) >= 11 is 0. The summed E-state index contributed by atoms with van der Waals surface area (Å²) in [5.74, 6) is 0. The fourth-order valence-electron chi connectivity index (χ4n) is 4.60. The van der Waals surface area contributed by atoms with E-state index in [1.54, 1.807) is 0 Å². The molecule has 0 rings (SSSR count). The first-order chi connectivity index (χ1) is 15.2. The Hall–Kier alpha value is -0.0800. The molecule has 188 valence electrons. The van der Waals surface area contributed by atoms with Gasteiger partial charge in [-0.25, -0.2) is 0 Å². The molecule has 0 fully saturated rings. The minimum atomic E-state index is -0.507. The Morgan fingerprint density at radius 1 is 0.323 bits per heavy atom. The summed E-state index contributed by atoms with van der Waals surface area (Å²) in [6.07, 6.45) is 31.5. The fraction of sp³-hybridized carbons (Fsp3) is 1.00. The van der Waals surface area contributed by atoms with Crippen molar-refractivity contribution in [3.8, 4) is 0 Å². The van der Waals surface area contributed by atoms with Gasteiger partial charge in [0, 0.05) is 0 Å². The Morgan fingerprint density at radius 3 is 0.742 bits per heavy atom. The number of aliphatic hydroxyl groups excluding tert-OH is 2. The van der Waals surface area contributed by atoms with Crippen molar-refractivity contribution in [2.45, 2.75) is 187 Å². The average Bonchev–Trinajstić information content (AvgIpc) is 2.77. The van der Waals surface area contributed by atoms with E-state index in [-0.39, 0.29) is 0 Å². The van der Waals surface area contributed by atoms with Crippen molar-refractivity contribution < 1.29 is 10.2 Å². The zero-order valence-corrected chi connectivity index (χ0v) is 21.7. The molecule has 0 saturated carbocycles. The number of rotatable bonds is 26. The lowest BCUT2D eigenvalue weighted by molar-refractivity contribution is 0.00712. The molecule has 2 atom stereocenters. The summed E-state index contributed by atoms with van der Waals surface area (Å²) < 4.78 is 0. The molecule has 0 aromatic rings. The molecule has 0 bridgehead atoms. The van der Waals surface area contributed by atoms with Crippen LogP contribution in [0.4, 0.5) is 0 Å². The Bertz CT molecular complexity index is 318. The normalized spacial score (nSPS) is 13.5. The minimum Gasteiger partial charge on any atom is -0.390 e. The molecule has 0 unspecified atom stereocenters. The lowest BCUT2D eigenvalue weighted by Gasteiger charge is -2.17. The van der Waals surface area contributed by atoms with Crippen molar-refractivity contribution in [3.63, 3.8) is 0 Å². The molecule has 0 aromatic heterocycles. The first-order valence-electron chi connectivity index (χ1n) is 14.6. The molecule has 0 aromatic carbocycles. The second-order valence-electron chi connectivity index (χ2n) is 10.1. The van der Waals surface area contributed by atoms with Crippen molar-refractivity contribution in [2.75, 3.05) is 0 Å².